The molecular formula is C24H25Br2N3O5. The molecule has 0 saturated heterocycles. The number of hydrogen-bond donors (Lipinski definition) is 0. The third-order valence-electron chi connectivity index (χ3n) is 5.32. The molecule has 2 aromatic carbocycles. The molecule has 0 amide bonds. The van der Waals surface area contributed by atoms with Gasteiger partial charge >= 0.3 is 5.97 Å². The summed E-state index contributed by atoms with van der Waals surface area (Å²) in [6.07, 6.45) is 1.54. The molecule has 180 valence electrons. The zero-order valence-corrected chi connectivity index (χ0v) is 22.6. The summed E-state index contributed by atoms with van der Waals surface area (Å²) >= 11 is 6.92. The highest BCUT2D eigenvalue weighted by molar-refractivity contribution is 9.10. The third kappa shape index (κ3) is 5.50. The van der Waals surface area contributed by atoms with Gasteiger partial charge in [-0.2, -0.15) is 9.78 Å². The second-order valence-electron chi connectivity index (χ2n) is 7.61. The minimum Gasteiger partial charge on any atom is -0.493 e. The number of nitrogens with zero attached hydrogens (tertiary/aromatic N) is 3. The van der Waals surface area contributed by atoms with E-state index < -0.39 is 12.1 Å². The van der Waals surface area contributed by atoms with Gasteiger partial charge in [0.05, 0.1) is 31.3 Å². The van der Waals surface area contributed by atoms with Gasteiger partial charge in [0.25, 0.3) is 5.56 Å². The minimum atomic E-state index is -0.815. The highest BCUT2D eigenvalue weighted by Gasteiger charge is 2.19. The van der Waals surface area contributed by atoms with Crippen molar-refractivity contribution in [3.05, 3.63) is 61.0 Å². The van der Waals surface area contributed by atoms with Crippen LogP contribution in [0.25, 0.3) is 10.9 Å². The van der Waals surface area contributed by atoms with Crippen molar-refractivity contribution < 1.29 is 19.0 Å². The van der Waals surface area contributed by atoms with Crippen LogP contribution in [0.5, 0.6) is 11.5 Å². The molecule has 34 heavy (non-hydrogen) atoms. The first-order chi connectivity index (χ1) is 16.2. The number of esters is 1. The molecule has 0 unspecified atom stereocenters. The van der Waals surface area contributed by atoms with Gasteiger partial charge in [-0.05, 0) is 59.6 Å². The van der Waals surface area contributed by atoms with Crippen LogP contribution >= 0.6 is 31.9 Å². The van der Waals surface area contributed by atoms with E-state index in [0.29, 0.717) is 38.3 Å². The third-order valence-corrected chi connectivity index (χ3v) is 6.50. The van der Waals surface area contributed by atoms with Gasteiger partial charge in [0.1, 0.15) is 5.82 Å². The van der Waals surface area contributed by atoms with E-state index in [1.807, 2.05) is 26.0 Å². The fourth-order valence-electron chi connectivity index (χ4n) is 3.20. The summed E-state index contributed by atoms with van der Waals surface area (Å²) in [5.41, 5.74) is 1.01. The van der Waals surface area contributed by atoms with E-state index in [9.17, 15) is 9.59 Å². The number of methoxy groups -OCH3 is 2. The Morgan fingerprint density at radius 2 is 1.91 bits per heavy atom. The van der Waals surface area contributed by atoms with Crippen LogP contribution in [-0.4, -0.2) is 42.2 Å². The summed E-state index contributed by atoms with van der Waals surface area (Å²) in [5.74, 6) is 0.853. The first-order valence-electron chi connectivity index (χ1n) is 10.6. The van der Waals surface area contributed by atoms with E-state index in [1.165, 1.54) is 18.9 Å². The summed E-state index contributed by atoms with van der Waals surface area (Å²) in [6, 6.07) is 8.79. The number of carbonyl (C=O) groups excluding carboxylic acids is 1. The quantitative estimate of drug-likeness (QED) is 0.261. The van der Waals surface area contributed by atoms with Crippen molar-refractivity contribution in [2.24, 2.45) is 5.10 Å². The Hall–Kier alpha value is -2.72. The van der Waals surface area contributed by atoms with E-state index in [-0.39, 0.29) is 11.5 Å². The molecule has 0 bridgehead atoms. The fourth-order valence-corrected chi connectivity index (χ4v) is 3.99. The highest BCUT2D eigenvalue weighted by Crippen LogP contribution is 2.34. The molecule has 0 fully saturated rings. The Labute approximate surface area is 214 Å². The van der Waals surface area contributed by atoms with Gasteiger partial charge in [-0.25, -0.2) is 9.78 Å². The lowest BCUT2D eigenvalue weighted by Crippen LogP contribution is -2.25. The number of fused-ring (bicyclic) bond motifs is 1. The van der Waals surface area contributed by atoms with Gasteiger partial charge in [0, 0.05) is 20.4 Å². The standard InChI is InChI=1S/C24H25Br2N3O5/c1-6-13(2)22-28-19-8-7-16(25)10-17(19)23(30)29(22)27-12-15-9-20(32-4)21(11-18(15)26)34-14(3)24(31)33-5/h7-14H,6H2,1-5H3/t13-,14+/m1/s1. The number of rotatable bonds is 8. The summed E-state index contributed by atoms with van der Waals surface area (Å²) in [6.45, 7) is 5.63. The van der Waals surface area contributed by atoms with Crippen molar-refractivity contribution in [2.45, 2.75) is 39.2 Å². The SMILES string of the molecule is CC[C@@H](C)c1nc2ccc(Br)cc2c(=O)n1N=Cc1cc(OC)c(O[C@@H](C)C(=O)OC)cc1Br. The predicted octanol–water partition coefficient (Wildman–Crippen LogP) is 5.27. The maximum absolute atomic E-state index is 13.3. The molecule has 0 aliphatic carbocycles. The zero-order chi connectivity index (χ0) is 25.0. The molecule has 0 aliphatic rings. The van der Waals surface area contributed by atoms with Crippen LogP contribution in [-0.2, 0) is 9.53 Å². The second-order valence-corrected chi connectivity index (χ2v) is 9.38. The van der Waals surface area contributed by atoms with Crippen molar-refractivity contribution in [2.75, 3.05) is 14.2 Å². The zero-order valence-electron chi connectivity index (χ0n) is 19.5. The Balaban J connectivity index is 2.08. The molecular weight excluding hydrogens is 570 g/mol. The first kappa shape index (κ1) is 25.9. The average molecular weight is 595 g/mol. The molecule has 1 aromatic heterocycles. The van der Waals surface area contributed by atoms with Gasteiger partial charge in [-0.1, -0.05) is 29.8 Å². The van der Waals surface area contributed by atoms with E-state index >= 15 is 0 Å². The second kappa shape index (κ2) is 11.1. The first-order valence-corrected chi connectivity index (χ1v) is 12.2. The summed E-state index contributed by atoms with van der Waals surface area (Å²) < 4.78 is 18.6. The summed E-state index contributed by atoms with van der Waals surface area (Å²) in [5, 5.41) is 4.96. The van der Waals surface area contributed by atoms with Crippen molar-refractivity contribution >= 4 is 54.9 Å². The predicted molar refractivity (Wildman–Crippen MR) is 138 cm³/mol. The summed E-state index contributed by atoms with van der Waals surface area (Å²) in [4.78, 5) is 29.7. The van der Waals surface area contributed by atoms with Gasteiger partial charge in [-0.3, -0.25) is 4.79 Å². The number of halogens is 2. The smallest absolute Gasteiger partial charge is 0.346 e. The summed E-state index contributed by atoms with van der Waals surface area (Å²) in [7, 11) is 2.79. The van der Waals surface area contributed by atoms with Crippen LogP contribution in [0.4, 0.5) is 0 Å². The van der Waals surface area contributed by atoms with Crippen molar-refractivity contribution in [3.8, 4) is 11.5 Å². The molecule has 0 saturated carbocycles. The molecule has 0 radical (unpaired) electrons. The lowest BCUT2D eigenvalue weighted by atomic mass is 10.1. The number of ether oxygens (including phenoxy) is 3. The number of benzene rings is 2. The van der Waals surface area contributed by atoms with E-state index in [1.54, 1.807) is 31.3 Å². The van der Waals surface area contributed by atoms with Crippen molar-refractivity contribution in [1.82, 2.24) is 9.66 Å². The van der Waals surface area contributed by atoms with Crippen molar-refractivity contribution in [3.63, 3.8) is 0 Å². The number of carbonyl (C=O) groups is 1. The van der Waals surface area contributed by atoms with Gasteiger partial charge in [0.2, 0.25) is 0 Å². The molecule has 3 rings (SSSR count). The molecule has 10 heteroatoms. The van der Waals surface area contributed by atoms with E-state index in [2.05, 4.69) is 37.0 Å². The maximum atomic E-state index is 13.3. The van der Waals surface area contributed by atoms with Crippen LogP contribution < -0.4 is 15.0 Å². The average Bonchev–Trinajstić information content (AvgIpc) is 2.83. The maximum Gasteiger partial charge on any atom is 0.346 e. The molecule has 0 N–H and O–H groups in total. The van der Waals surface area contributed by atoms with Crippen LogP contribution in [0.3, 0.4) is 0 Å². The van der Waals surface area contributed by atoms with Gasteiger partial charge < -0.3 is 14.2 Å². The van der Waals surface area contributed by atoms with Crippen LogP contribution in [0.15, 0.2) is 49.2 Å². The Morgan fingerprint density at radius 1 is 1.18 bits per heavy atom. The Morgan fingerprint density at radius 3 is 2.56 bits per heavy atom. The highest BCUT2D eigenvalue weighted by atomic mass is 79.9. The number of hydrogen-bond acceptors (Lipinski definition) is 7. The lowest BCUT2D eigenvalue weighted by Gasteiger charge is -2.16. The van der Waals surface area contributed by atoms with Crippen LogP contribution in [0.1, 0.15) is 44.5 Å². The fraction of sp³-hybridized carbons (Fsp3) is 0.333. The topological polar surface area (TPSA) is 92.0 Å². The Kier molecular flexibility index (Phi) is 8.48. The van der Waals surface area contributed by atoms with Gasteiger partial charge in [-0.15, -0.1) is 0 Å². The molecule has 1 heterocycles. The van der Waals surface area contributed by atoms with E-state index in [4.69, 9.17) is 19.2 Å². The monoisotopic (exact) mass is 593 g/mol. The molecule has 8 nitrogen and oxygen atoms in total. The lowest BCUT2D eigenvalue weighted by molar-refractivity contribution is -0.147. The van der Waals surface area contributed by atoms with Crippen LogP contribution in [0.2, 0.25) is 0 Å². The minimum absolute atomic E-state index is 0.0199. The van der Waals surface area contributed by atoms with E-state index in [0.717, 1.165) is 10.9 Å². The molecule has 2 atom stereocenters. The molecule has 0 aliphatic heterocycles. The largest absolute Gasteiger partial charge is 0.493 e. The molecule has 3 aromatic rings. The Bertz CT molecular complexity index is 1310. The van der Waals surface area contributed by atoms with Gasteiger partial charge in [0.15, 0.2) is 17.6 Å². The normalized spacial score (nSPS) is 13.1. The van der Waals surface area contributed by atoms with Crippen molar-refractivity contribution in [1.29, 1.82) is 0 Å². The number of aromatic nitrogens is 2. The van der Waals surface area contributed by atoms with Crippen LogP contribution in [0, 0.1) is 0 Å². The molecule has 0 spiro atoms.